The molecule has 4 atom stereocenters. The molecule has 186 valence electrons. The highest BCUT2D eigenvalue weighted by atomic mass is 19.1. The summed E-state index contributed by atoms with van der Waals surface area (Å²) in [4.78, 5) is 12.8. The third kappa shape index (κ3) is 3.89. The normalized spacial score (nSPS) is 26.3. The largest absolute Gasteiger partial charge is 0.372 e. The Labute approximate surface area is 211 Å². The van der Waals surface area contributed by atoms with Crippen LogP contribution >= 0.6 is 0 Å². The number of amides is 1. The van der Waals surface area contributed by atoms with Gasteiger partial charge in [-0.15, -0.1) is 0 Å². The Kier molecular flexibility index (Phi) is 5.82. The van der Waals surface area contributed by atoms with E-state index in [0.717, 1.165) is 54.0 Å². The number of piperidine rings is 2. The van der Waals surface area contributed by atoms with Gasteiger partial charge in [0.15, 0.2) is 0 Å². The van der Waals surface area contributed by atoms with E-state index in [9.17, 15) is 10.1 Å². The van der Waals surface area contributed by atoms with E-state index in [1.165, 1.54) is 25.3 Å². The van der Waals surface area contributed by atoms with Crippen molar-refractivity contribution in [2.45, 2.75) is 62.1 Å². The number of benzene rings is 2. The third-order valence-corrected chi connectivity index (χ3v) is 8.74. The third-order valence-electron chi connectivity index (χ3n) is 8.74. The molecular weight excluding hydrogens is 453 g/mol. The number of nitrogens with zero attached hydrogens (tertiary/aromatic N) is 1. The Morgan fingerprint density at radius 1 is 1.19 bits per heavy atom. The summed E-state index contributed by atoms with van der Waals surface area (Å²) in [5.41, 5.74) is 4.35. The molecular formula is C29H32FN5O. The monoisotopic (exact) mass is 485 g/mol. The molecule has 7 heteroatoms. The SMILES string of the molecule is C=C(N[C@H](C#N)Cc1ccc(-c2ccc3c(c2)C2(CCNCC2)C(=O)N3)cc1F)C1NC2CCC1C2. The predicted molar refractivity (Wildman–Crippen MR) is 138 cm³/mol. The lowest BCUT2D eigenvalue weighted by Crippen LogP contribution is -2.44. The molecule has 0 aromatic heterocycles. The van der Waals surface area contributed by atoms with Crippen LogP contribution in [0.2, 0.25) is 0 Å². The van der Waals surface area contributed by atoms with Gasteiger partial charge in [-0.2, -0.15) is 5.26 Å². The molecule has 1 saturated carbocycles. The van der Waals surface area contributed by atoms with Crippen LogP contribution in [0.3, 0.4) is 0 Å². The topological polar surface area (TPSA) is 89.0 Å². The predicted octanol–water partition coefficient (Wildman–Crippen LogP) is 3.74. The summed E-state index contributed by atoms with van der Waals surface area (Å²) in [7, 11) is 0. The van der Waals surface area contributed by atoms with Crippen molar-refractivity contribution in [3.8, 4) is 17.2 Å². The van der Waals surface area contributed by atoms with Crippen LogP contribution in [0, 0.1) is 23.1 Å². The summed E-state index contributed by atoms with van der Waals surface area (Å²) in [6.07, 6.45) is 5.36. The molecule has 4 N–H and O–H groups in total. The average molecular weight is 486 g/mol. The molecule has 0 radical (unpaired) electrons. The van der Waals surface area contributed by atoms with Crippen LogP contribution in [0.25, 0.3) is 11.1 Å². The Bertz CT molecular complexity index is 1260. The summed E-state index contributed by atoms with van der Waals surface area (Å²) < 4.78 is 15.2. The highest BCUT2D eigenvalue weighted by Gasteiger charge is 2.47. The zero-order valence-electron chi connectivity index (χ0n) is 20.4. The van der Waals surface area contributed by atoms with Crippen LogP contribution in [0.15, 0.2) is 48.7 Å². The van der Waals surface area contributed by atoms with Crippen LogP contribution in [-0.2, 0) is 16.6 Å². The van der Waals surface area contributed by atoms with E-state index in [2.05, 4.69) is 33.9 Å². The fourth-order valence-corrected chi connectivity index (χ4v) is 6.74. The van der Waals surface area contributed by atoms with Gasteiger partial charge in [-0.25, -0.2) is 4.39 Å². The quantitative estimate of drug-likeness (QED) is 0.501. The first-order valence-corrected chi connectivity index (χ1v) is 13.0. The van der Waals surface area contributed by atoms with Crippen molar-refractivity contribution >= 4 is 11.6 Å². The molecule has 2 saturated heterocycles. The number of halogens is 1. The van der Waals surface area contributed by atoms with E-state index >= 15 is 4.39 Å². The number of fused-ring (bicyclic) bond motifs is 4. The fraction of sp³-hybridized carbons (Fsp3) is 0.448. The molecule has 4 aliphatic rings. The van der Waals surface area contributed by atoms with Gasteiger partial charge in [0.05, 0.1) is 11.5 Å². The van der Waals surface area contributed by atoms with Gasteiger partial charge in [0.2, 0.25) is 5.91 Å². The molecule has 3 unspecified atom stereocenters. The molecule has 2 aromatic rings. The van der Waals surface area contributed by atoms with Gasteiger partial charge in [0.1, 0.15) is 11.9 Å². The van der Waals surface area contributed by atoms with E-state index < -0.39 is 11.5 Å². The molecule has 3 heterocycles. The van der Waals surface area contributed by atoms with Crippen molar-refractivity contribution in [2.24, 2.45) is 5.92 Å². The summed E-state index contributed by atoms with van der Waals surface area (Å²) >= 11 is 0. The lowest BCUT2D eigenvalue weighted by atomic mass is 9.73. The van der Waals surface area contributed by atoms with E-state index in [1.807, 2.05) is 24.3 Å². The maximum atomic E-state index is 15.2. The Hall–Kier alpha value is -3.21. The van der Waals surface area contributed by atoms with Crippen molar-refractivity contribution in [3.05, 3.63) is 65.6 Å². The number of carbonyl (C=O) groups excluding carboxylic acids is 1. The summed E-state index contributed by atoms with van der Waals surface area (Å²) in [6, 6.07) is 13.6. The standard InChI is InChI=1S/C29H32FN5O/c1-17(27-21-4-6-22(13-21)34-27)33-23(16-31)12-20-3-2-19(15-25(20)30)18-5-7-26-24(14-18)29(28(36)35-26)8-10-32-11-9-29/h2-3,5,7,14-15,21-23,27,32-34H,1,4,6,8-13H2,(H,35,36)/t21?,22?,23-,27?/m0/s1. The molecule has 6 rings (SSSR count). The van der Waals surface area contributed by atoms with Crippen molar-refractivity contribution in [1.82, 2.24) is 16.0 Å². The molecule has 6 nitrogen and oxygen atoms in total. The molecule has 3 fully saturated rings. The van der Waals surface area contributed by atoms with E-state index in [-0.39, 0.29) is 24.2 Å². The number of carbonyl (C=O) groups is 1. The number of rotatable bonds is 6. The second-order valence-electron chi connectivity index (χ2n) is 10.8. The minimum atomic E-state index is -0.546. The van der Waals surface area contributed by atoms with Gasteiger partial charge in [-0.1, -0.05) is 24.8 Å². The summed E-state index contributed by atoms with van der Waals surface area (Å²) in [5, 5.41) is 22.9. The Morgan fingerprint density at radius 3 is 2.67 bits per heavy atom. The van der Waals surface area contributed by atoms with E-state index in [1.54, 1.807) is 6.07 Å². The van der Waals surface area contributed by atoms with Gasteiger partial charge < -0.3 is 21.3 Å². The first kappa shape index (κ1) is 23.2. The molecule has 1 amide bonds. The summed E-state index contributed by atoms with van der Waals surface area (Å²) in [5.74, 6) is 0.312. The molecule has 1 aliphatic carbocycles. The molecule has 3 aliphatic heterocycles. The van der Waals surface area contributed by atoms with Crippen molar-refractivity contribution in [1.29, 1.82) is 5.26 Å². The number of hydrogen-bond acceptors (Lipinski definition) is 5. The smallest absolute Gasteiger partial charge is 0.235 e. The van der Waals surface area contributed by atoms with Crippen LogP contribution in [0.4, 0.5) is 10.1 Å². The van der Waals surface area contributed by atoms with Crippen LogP contribution < -0.4 is 21.3 Å². The lowest BCUT2D eigenvalue weighted by Gasteiger charge is -2.32. The number of hydrogen-bond donors (Lipinski definition) is 4. The highest BCUT2D eigenvalue weighted by molar-refractivity contribution is 6.06. The van der Waals surface area contributed by atoms with Crippen molar-refractivity contribution in [3.63, 3.8) is 0 Å². The molecule has 36 heavy (non-hydrogen) atoms. The Balaban J connectivity index is 1.18. The first-order chi connectivity index (χ1) is 17.5. The van der Waals surface area contributed by atoms with Crippen LogP contribution in [0.1, 0.15) is 43.2 Å². The van der Waals surface area contributed by atoms with Gasteiger partial charge in [0.25, 0.3) is 0 Å². The second-order valence-corrected chi connectivity index (χ2v) is 10.8. The Morgan fingerprint density at radius 2 is 1.97 bits per heavy atom. The van der Waals surface area contributed by atoms with Crippen LogP contribution in [0.5, 0.6) is 0 Å². The number of anilines is 1. The van der Waals surface area contributed by atoms with Gasteiger partial charge in [-0.3, -0.25) is 4.79 Å². The van der Waals surface area contributed by atoms with Gasteiger partial charge in [0, 0.05) is 29.9 Å². The number of nitriles is 1. The average Bonchev–Trinajstić information content (AvgIpc) is 3.60. The lowest BCUT2D eigenvalue weighted by molar-refractivity contribution is -0.121. The molecule has 1 spiro atoms. The maximum absolute atomic E-state index is 15.2. The fourth-order valence-electron chi connectivity index (χ4n) is 6.74. The van der Waals surface area contributed by atoms with Gasteiger partial charge >= 0.3 is 0 Å². The zero-order chi connectivity index (χ0) is 24.9. The highest BCUT2D eigenvalue weighted by Crippen LogP contribution is 2.45. The first-order valence-electron chi connectivity index (χ1n) is 13.0. The van der Waals surface area contributed by atoms with Gasteiger partial charge in [-0.05, 0) is 91.6 Å². The minimum Gasteiger partial charge on any atom is -0.372 e. The molecule has 2 bridgehead atoms. The second kappa shape index (κ2) is 9.02. The molecule has 2 aromatic carbocycles. The summed E-state index contributed by atoms with van der Waals surface area (Å²) in [6.45, 7) is 5.79. The van der Waals surface area contributed by atoms with E-state index in [0.29, 0.717) is 17.5 Å². The zero-order valence-corrected chi connectivity index (χ0v) is 20.4. The van der Waals surface area contributed by atoms with E-state index in [4.69, 9.17) is 0 Å². The van der Waals surface area contributed by atoms with Crippen LogP contribution in [-0.4, -0.2) is 37.1 Å². The number of nitrogens with one attached hydrogen (secondary N) is 4. The minimum absolute atomic E-state index is 0.0648. The van der Waals surface area contributed by atoms with Crippen molar-refractivity contribution in [2.75, 3.05) is 18.4 Å². The maximum Gasteiger partial charge on any atom is 0.235 e. The van der Waals surface area contributed by atoms with Crippen molar-refractivity contribution < 1.29 is 9.18 Å².